The Morgan fingerprint density at radius 2 is 2.04 bits per heavy atom. The zero-order valence-corrected chi connectivity index (χ0v) is 15.3. The molecule has 6 nitrogen and oxygen atoms in total. The second-order valence-electron chi connectivity index (χ2n) is 7.26. The van der Waals surface area contributed by atoms with Gasteiger partial charge in [0.05, 0.1) is 0 Å². The highest BCUT2D eigenvalue weighted by Gasteiger charge is 2.32. The summed E-state index contributed by atoms with van der Waals surface area (Å²) in [5.41, 5.74) is 5.73. The maximum Gasteiger partial charge on any atom is 0.422 e. The number of ether oxygens (including phenoxy) is 1. The van der Waals surface area contributed by atoms with Crippen molar-refractivity contribution in [1.82, 2.24) is 10.3 Å². The molecule has 1 aromatic heterocycles. The van der Waals surface area contributed by atoms with Crippen molar-refractivity contribution in [3.63, 3.8) is 0 Å². The Bertz CT molecular complexity index is 688. The molecule has 0 spiro atoms. The third-order valence-electron chi connectivity index (χ3n) is 4.07. The van der Waals surface area contributed by atoms with E-state index in [2.05, 4.69) is 10.3 Å². The maximum absolute atomic E-state index is 12.5. The van der Waals surface area contributed by atoms with E-state index in [0.29, 0.717) is 12.0 Å². The van der Waals surface area contributed by atoms with Gasteiger partial charge in [0.25, 0.3) is 5.91 Å². The first-order chi connectivity index (χ1) is 12.5. The van der Waals surface area contributed by atoms with Gasteiger partial charge in [-0.15, -0.1) is 0 Å². The van der Waals surface area contributed by atoms with Gasteiger partial charge < -0.3 is 15.8 Å². The van der Waals surface area contributed by atoms with Gasteiger partial charge in [-0.05, 0) is 31.1 Å². The number of carbonyl (C=O) groups excluding carboxylic acids is 2. The predicted molar refractivity (Wildman–Crippen MR) is 92.3 cm³/mol. The van der Waals surface area contributed by atoms with Crippen molar-refractivity contribution >= 4 is 11.8 Å². The van der Waals surface area contributed by atoms with Gasteiger partial charge in [0.15, 0.2) is 6.61 Å². The number of pyridine rings is 1. The topological polar surface area (TPSA) is 94.3 Å². The summed E-state index contributed by atoms with van der Waals surface area (Å²) in [7, 11) is 0. The van der Waals surface area contributed by atoms with Crippen molar-refractivity contribution in [3.05, 3.63) is 23.5 Å². The molecule has 1 atom stereocenters. The van der Waals surface area contributed by atoms with Gasteiger partial charge >= 0.3 is 6.18 Å². The fourth-order valence-electron chi connectivity index (χ4n) is 2.82. The molecule has 9 heteroatoms. The van der Waals surface area contributed by atoms with Crippen LogP contribution in [0, 0.1) is 5.92 Å². The van der Waals surface area contributed by atoms with Crippen LogP contribution >= 0.6 is 0 Å². The molecular weight excluding hydrogens is 363 g/mol. The number of nitrogens with one attached hydrogen (secondary N) is 1. The van der Waals surface area contributed by atoms with E-state index in [1.165, 1.54) is 12.3 Å². The van der Waals surface area contributed by atoms with Crippen molar-refractivity contribution in [2.45, 2.75) is 57.7 Å². The van der Waals surface area contributed by atoms with E-state index in [1.54, 1.807) is 0 Å². The molecule has 0 saturated heterocycles. The molecule has 1 aliphatic carbocycles. The summed E-state index contributed by atoms with van der Waals surface area (Å²) in [6.07, 6.45) is -0.872. The highest BCUT2D eigenvalue weighted by Crippen LogP contribution is 2.44. The average molecular weight is 387 g/mol. The van der Waals surface area contributed by atoms with Crippen LogP contribution < -0.4 is 15.8 Å². The van der Waals surface area contributed by atoms with E-state index < -0.39 is 30.6 Å². The Morgan fingerprint density at radius 3 is 2.56 bits per heavy atom. The molecule has 0 bridgehead atoms. The summed E-state index contributed by atoms with van der Waals surface area (Å²) in [5, 5.41) is 2.68. The second kappa shape index (κ2) is 8.58. The largest absolute Gasteiger partial charge is 0.484 e. The highest BCUT2D eigenvalue weighted by molar-refractivity contribution is 5.93. The maximum atomic E-state index is 12.5. The zero-order valence-electron chi connectivity index (χ0n) is 15.3. The number of hydrogen-bond donors (Lipinski definition) is 2. The van der Waals surface area contributed by atoms with Gasteiger partial charge in [-0.2, -0.15) is 13.2 Å². The number of alkyl halides is 3. The lowest BCUT2D eigenvalue weighted by Crippen LogP contribution is -2.39. The number of halogens is 3. The molecule has 3 N–H and O–H groups in total. The summed E-state index contributed by atoms with van der Waals surface area (Å²) < 4.78 is 42.4. The fraction of sp³-hybridized carbons (Fsp3) is 0.611. The van der Waals surface area contributed by atoms with E-state index in [1.807, 2.05) is 13.8 Å². The summed E-state index contributed by atoms with van der Waals surface area (Å²) in [4.78, 5) is 27.7. The Labute approximate surface area is 155 Å². The quantitative estimate of drug-likeness (QED) is 0.681. The molecular formula is C18H24F3N3O3. The monoisotopic (exact) mass is 387 g/mol. The Kier molecular flexibility index (Phi) is 6.67. The lowest BCUT2D eigenvalue weighted by molar-refractivity contribution is -0.153. The zero-order chi connectivity index (χ0) is 20.2. The number of amides is 2. The minimum absolute atomic E-state index is 0.0188. The number of hydrogen-bond acceptors (Lipinski definition) is 4. The smallest absolute Gasteiger partial charge is 0.422 e. The van der Waals surface area contributed by atoms with Gasteiger partial charge in [-0.25, -0.2) is 0 Å². The van der Waals surface area contributed by atoms with Crippen LogP contribution in [0.3, 0.4) is 0 Å². The number of nitrogens with two attached hydrogens (primary N) is 1. The van der Waals surface area contributed by atoms with Crippen LogP contribution in [0.1, 0.15) is 61.5 Å². The first-order valence-corrected chi connectivity index (χ1v) is 8.83. The Balaban J connectivity index is 2.15. The van der Waals surface area contributed by atoms with Crippen LogP contribution in [0.4, 0.5) is 13.2 Å². The molecule has 1 aromatic rings. The van der Waals surface area contributed by atoms with Crippen LogP contribution in [0.5, 0.6) is 5.75 Å². The molecule has 1 fully saturated rings. The number of carbonyl (C=O) groups is 2. The number of nitrogens with zero attached hydrogens (tertiary/aromatic N) is 1. The highest BCUT2D eigenvalue weighted by atomic mass is 19.4. The summed E-state index contributed by atoms with van der Waals surface area (Å²) in [6.45, 7) is 2.44. The van der Waals surface area contributed by atoms with Crippen molar-refractivity contribution in [2.75, 3.05) is 6.61 Å². The predicted octanol–water partition coefficient (Wildman–Crippen LogP) is 2.92. The molecule has 1 aliphatic rings. The van der Waals surface area contributed by atoms with Gasteiger partial charge in [0, 0.05) is 30.3 Å². The van der Waals surface area contributed by atoms with Crippen LogP contribution in [0.15, 0.2) is 12.3 Å². The van der Waals surface area contributed by atoms with E-state index in [9.17, 15) is 22.8 Å². The van der Waals surface area contributed by atoms with Crippen LogP contribution in [0.25, 0.3) is 0 Å². The van der Waals surface area contributed by atoms with Gasteiger partial charge in [-0.3, -0.25) is 14.6 Å². The third-order valence-corrected chi connectivity index (χ3v) is 4.07. The van der Waals surface area contributed by atoms with Gasteiger partial charge in [0.1, 0.15) is 11.4 Å². The molecule has 2 amide bonds. The first-order valence-electron chi connectivity index (χ1n) is 8.83. The SMILES string of the molecule is CC(C)CC(CC(N)=O)NC(=O)c1cc(OCC(F)(F)F)c(C2CC2)cn1. The number of aromatic nitrogens is 1. The minimum atomic E-state index is -4.48. The minimum Gasteiger partial charge on any atom is -0.484 e. The van der Waals surface area contributed by atoms with E-state index >= 15 is 0 Å². The number of rotatable bonds is 9. The van der Waals surface area contributed by atoms with Crippen molar-refractivity contribution in [1.29, 1.82) is 0 Å². The van der Waals surface area contributed by atoms with E-state index in [4.69, 9.17) is 10.5 Å². The fourth-order valence-corrected chi connectivity index (χ4v) is 2.82. The lowest BCUT2D eigenvalue weighted by atomic mass is 10.0. The normalized spacial score (nSPS) is 15.5. The van der Waals surface area contributed by atoms with Crippen LogP contribution in [-0.2, 0) is 4.79 Å². The van der Waals surface area contributed by atoms with Crippen molar-refractivity contribution < 1.29 is 27.5 Å². The molecule has 0 aliphatic heterocycles. The Morgan fingerprint density at radius 1 is 1.37 bits per heavy atom. The molecule has 0 aromatic carbocycles. The lowest BCUT2D eigenvalue weighted by Gasteiger charge is -2.19. The summed E-state index contributed by atoms with van der Waals surface area (Å²) in [6, 6.07) is 0.755. The third kappa shape index (κ3) is 7.07. The van der Waals surface area contributed by atoms with Gasteiger partial charge in [0.2, 0.25) is 5.91 Å². The summed E-state index contributed by atoms with van der Waals surface area (Å²) in [5.74, 6) is -0.787. The van der Waals surface area contributed by atoms with Crippen molar-refractivity contribution in [2.24, 2.45) is 11.7 Å². The molecule has 0 radical (unpaired) electrons. The Hall–Kier alpha value is -2.32. The standard InChI is InChI=1S/C18H24F3N3O3/c1-10(2)5-12(6-16(22)25)24-17(26)14-7-15(27-9-18(19,20)21)13(8-23-14)11-3-4-11/h7-8,10-12H,3-6,9H2,1-2H3,(H2,22,25)(H,24,26). The number of primary amides is 1. The average Bonchev–Trinajstić information content (AvgIpc) is 3.35. The first kappa shape index (κ1) is 21.0. The molecule has 1 unspecified atom stereocenters. The van der Waals surface area contributed by atoms with Crippen LogP contribution in [-0.4, -0.2) is 35.6 Å². The summed E-state index contributed by atoms with van der Waals surface area (Å²) >= 11 is 0. The van der Waals surface area contributed by atoms with E-state index in [0.717, 1.165) is 12.8 Å². The molecule has 150 valence electrons. The van der Waals surface area contributed by atoms with Crippen molar-refractivity contribution in [3.8, 4) is 5.75 Å². The van der Waals surface area contributed by atoms with Crippen LogP contribution in [0.2, 0.25) is 0 Å². The molecule has 1 heterocycles. The van der Waals surface area contributed by atoms with E-state index in [-0.39, 0.29) is 29.7 Å². The molecule has 27 heavy (non-hydrogen) atoms. The molecule has 1 saturated carbocycles. The van der Waals surface area contributed by atoms with Gasteiger partial charge in [-0.1, -0.05) is 13.8 Å². The second-order valence-corrected chi connectivity index (χ2v) is 7.26. The molecule has 2 rings (SSSR count).